The summed E-state index contributed by atoms with van der Waals surface area (Å²) in [6, 6.07) is 4.47. The number of piperidine rings is 2. The summed E-state index contributed by atoms with van der Waals surface area (Å²) in [6.07, 6.45) is 4.96. The molecule has 3 heterocycles. The van der Waals surface area contributed by atoms with Crippen molar-refractivity contribution in [2.45, 2.75) is 51.0 Å². The van der Waals surface area contributed by atoms with E-state index in [1.807, 2.05) is 0 Å². The average molecular weight is 447 g/mol. The van der Waals surface area contributed by atoms with Gasteiger partial charge < -0.3 is 4.90 Å². The van der Waals surface area contributed by atoms with E-state index in [0.717, 1.165) is 25.7 Å². The van der Waals surface area contributed by atoms with E-state index in [-0.39, 0.29) is 22.7 Å². The molecule has 9 heteroatoms. The SMILES string of the molecule is CC1CCN(C(=O)Cn2cnc3ccc(S(=O)(=O)N4CCC(C)CC4)cc3c2=O)CC1. The van der Waals surface area contributed by atoms with Crippen molar-refractivity contribution in [3.05, 3.63) is 34.9 Å². The van der Waals surface area contributed by atoms with Gasteiger partial charge in [-0.15, -0.1) is 0 Å². The summed E-state index contributed by atoms with van der Waals surface area (Å²) in [5.74, 6) is 1.01. The van der Waals surface area contributed by atoms with Crippen LogP contribution in [0, 0.1) is 11.8 Å². The molecule has 1 amide bonds. The summed E-state index contributed by atoms with van der Waals surface area (Å²) in [6.45, 7) is 6.59. The van der Waals surface area contributed by atoms with Crippen LogP contribution in [0.5, 0.6) is 0 Å². The third-order valence-electron chi connectivity index (χ3n) is 6.62. The first-order valence-corrected chi connectivity index (χ1v) is 12.5. The Morgan fingerprint density at radius 3 is 2.29 bits per heavy atom. The van der Waals surface area contributed by atoms with Crippen molar-refractivity contribution in [3.8, 4) is 0 Å². The summed E-state index contributed by atoms with van der Waals surface area (Å²) in [7, 11) is -3.67. The Labute approximate surface area is 182 Å². The lowest BCUT2D eigenvalue weighted by Gasteiger charge is -2.30. The fraction of sp³-hybridized carbons (Fsp3) is 0.591. The van der Waals surface area contributed by atoms with E-state index < -0.39 is 15.6 Å². The molecule has 1 aromatic carbocycles. The van der Waals surface area contributed by atoms with Gasteiger partial charge in [0.05, 0.1) is 22.1 Å². The van der Waals surface area contributed by atoms with Crippen molar-refractivity contribution in [1.29, 1.82) is 0 Å². The highest BCUT2D eigenvalue weighted by atomic mass is 32.2. The molecule has 0 radical (unpaired) electrons. The normalized spacial score (nSPS) is 19.7. The van der Waals surface area contributed by atoms with Gasteiger partial charge in [0.2, 0.25) is 15.9 Å². The molecule has 2 aliphatic rings. The third-order valence-corrected chi connectivity index (χ3v) is 8.51. The lowest BCUT2D eigenvalue weighted by Crippen LogP contribution is -2.41. The fourth-order valence-corrected chi connectivity index (χ4v) is 5.79. The van der Waals surface area contributed by atoms with Crippen LogP contribution in [0.25, 0.3) is 10.9 Å². The number of hydrogen-bond acceptors (Lipinski definition) is 5. The van der Waals surface area contributed by atoms with Gasteiger partial charge in [0, 0.05) is 26.2 Å². The van der Waals surface area contributed by atoms with E-state index in [1.165, 1.54) is 27.3 Å². The number of likely N-dealkylation sites (tertiary alicyclic amines) is 1. The number of fused-ring (bicyclic) bond motifs is 1. The first-order chi connectivity index (χ1) is 14.8. The van der Waals surface area contributed by atoms with Gasteiger partial charge in [-0.3, -0.25) is 14.2 Å². The number of amides is 1. The molecule has 0 saturated carbocycles. The molecule has 2 fully saturated rings. The predicted octanol–water partition coefficient (Wildman–Crippen LogP) is 2.08. The minimum absolute atomic E-state index is 0.0862. The molecule has 1 aromatic heterocycles. The number of sulfonamides is 1. The zero-order chi connectivity index (χ0) is 22.2. The Morgan fingerprint density at radius 1 is 1.03 bits per heavy atom. The van der Waals surface area contributed by atoms with Gasteiger partial charge in [-0.25, -0.2) is 13.4 Å². The van der Waals surface area contributed by atoms with E-state index >= 15 is 0 Å². The molecule has 168 valence electrons. The zero-order valence-electron chi connectivity index (χ0n) is 18.2. The van der Waals surface area contributed by atoms with Crippen molar-refractivity contribution < 1.29 is 13.2 Å². The maximum Gasteiger partial charge on any atom is 0.261 e. The van der Waals surface area contributed by atoms with Crippen LogP contribution in [0.4, 0.5) is 0 Å². The van der Waals surface area contributed by atoms with Crippen molar-refractivity contribution in [1.82, 2.24) is 18.8 Å². The number of hydrogen-bond donors (Lipinski definition) is 0. The molecular formula is C22H30N4O4S. The smallest absolute Gasteiger partial charge is 0.261 e. The molecule has 0 atom stereocenters. The molecule has 8 nitrogen and oxygen atoms in total. The molecule has 2 aromatic rings. The highest BCUT2D eigenvalue weighted by molar-refractivity contribution is 7.89. The van der Waals surface area contributed by atoms with Crippen LogP contribution < -0.4 is 5.56 Å². The first-order valence-electron chi connectivity index (χ1n) is 11.0. The highest BCUT2D eigenvalue weighted by Gasteiger charge is 2.28. The molecule has 0 spiro atoms. The van der Waals surface area contributed by atoms with Gasteiger partial charge >= 0.3 is 0 Å². The van der Waals surface area contributed by atoms with Crippen molar-refractivity contribution in [2.24, 2.45) is 11.8 Å². The summed E-state index contributed by atoms with van der Waals surface area (Å²) in [4.78, 5) is 31.9. The molecule has 0 bridgehead atoms. The van der Waals surface area contributed by atoms with Crippen molar-refractivity contribution >= 4 is 26.8 Å². The Bertz CT molecular complexity index is 1130. The summed E-state index contributed by atoms with van der Waals surface area (Å²) in [5.41, 5.74) is 0.0276. The molecule has 2 aliphatic heterocycles. The van der Waals surface area contributed by atoms with E-state index in [4.69, 9.17) is 0 Å². The highest BCUT2D eigenvalue weighted by Crippen LogP contribution is 2.24. The molecular weight excluding hydrogens is 416 g/mol. The van der Waals surface area contributed by atoms with Gasteiger partial charge in [0.1, 0.15) is 6.54 Å². The van der Waals surface area contributed by atoms with Crippen LogP contribution in [0.1, 0.15) is 39.5 Å². The monoisotopic (exact) mass is 446 g/mol. The van der Waals surface area contributed by atoms with Crippen LogP contribution in [0.15, 0.2) is 34.2 Å². The lowest BCUT2D eigenvalue weighted by molar-refractivity contribution is -0.133. The van der Waals surface area contributed by atoms with Crippen LogP contribution >= 0.6 is 0 Å². The summed E-state index contributed by atoms with van der Waals surface area (Å²) in [5, 5.41) is 0.217. The number of benzene rings is 1. The zero-order valence-corrected chi connectivity index (χ0v) is 19.0. The second-order valence-corrected chi connectivity index (χ2v) is 10.9. The Morgan fingerprint density at radius 2 is 1.65 bits per heavy atom. The van der Waals surface area contributed by atoms with Crippen molar-refractivity contribution in [3.63, 3.8) is 0 Å². The predicted molar refractivity (Wildman–Crippen MR) is 118 cm³/mol. The largest absolute Gasteiger partial charge is 0.341 e. The van der Waals surface area contributed by atoms with E-state index in [0.29, 0.717) is 43.5 Å². The topological polar surface area (TPSA) is 92.6 Å². The third kappa shape index (κ3) is 4.52. The Hall–Kier alpha value is -2.26. The molecule has 2 saturated heterocycles. The molecule has 31 heavy (non-hydrogen) atoms. The van der Waals surface area contributed by atoms with Gasteiger partial charge in [-0.2, -0.15) is 4.31 Å². The molecule has 0 aliphatic carbocycles. The number of carbonyl (C=O) groups is 1. The maximum absolute atomic E-state index is 13.1. The van der Waals surface area contributed by atoms with Crippen LogP contribution in [0.3, 0.4) is 0 Å². The van der Waals surface area contributed by atoms with Gasteiger partial charge in [-0.1, -0.05) is 13.8 Å². The van der Waals surface area contributed by atoms with E-state index in [9.17, 15) is 18.0 Å². The first kappa shape index (κ1) is 22.0. The number of nitrogens with zero attached hydrogens (tertiary/aromatic N) is 4. The standard InChI is InChI=1S/C22H30N4O4S/c1-16-5-9-24(10-6-16)21(27)14-25-15-23-20-4-3-18(13-19(20)22(25)28)31(29,30)26-11-7-17(2)8-12-26/h3-4,13,15-17H,5-12,14H2,1-2H3. The molecule has 0 unspecified atom stereocenters. The molecule has 4 rings (SSSR count). The second kappa shape index (κ2) is 8.70. The van der Waals surface area contributed by atoms with E-state index in [1.54, 1.807) is 11.0 Å². The maximum atomic E-state index is 13.1. The van der Waals surface area contributed by atoms with Crippen LogP contribution in [-0.2, 0) is 21.4 Å². The van der Waals surface area contributed by atoms with Crippen LogP contribution in [0.2, 0.25) is 0 Å². The Balaban J connectivity index is 1.60. The van der Waals surface area contributed by atoms with Gasteiger partial charge in [0.25, 0.3) is 5.56 Å². The quantitative estimate of drug-likeness (QED) is 0.717. The fourth-order valence-electron chi connectivity index (χ4n) is 4.29. The number of aromatic nitrogens is 2. The van der Waals surface area contributed by atoms with E-state index in [2.05, 4.69) is 18.8 Å². The van der Waals surface area contributed by atoms with Crippen LogP contribution in [-0.4, -0.2) is 59.3 Å². The molecule has 0 N–H and O–H groups in total. The lowest BCUT2D eigenvalue weighted by atomic mass is 9.99. The average Bonchev–Trinajstić information content (AvgIpc) is 2.76. The Kier molecular flexibility index (Phi) is 6.16. The number of carbonyl (C=O) groups excluding carboxylic acids is 1. The second-order valence-electron chi connectivity index (χ2n) is 9.01. The summed E-state index contributed by atoms with van der Waals surface area (Å²) >= 11 is 0. The van der Waals surface area contributed by atoms with Crippen molar-refractivity contribution in [2.75, 3.05) is 26.2 Å². The summed E-state index contributed by atoms with van der Waals surface area (Å²) < 4.78 is 28.9. The minimum atomic E-state index is -3.67. The van der Waals surface area contributed by atoms with Gasteiger partial charge in [-0.05, 0) is 55.7 Å². The number of rotatable bonds is 4. The minimum Gasteiger partial charge on any atom is -0.341 e. The van der Waals surface area contributed by atoms with Gasteiger partial charge in [0.15, 0.2) is 0 Å².